The second kappa shape index (κ2) is 7.52. The van der Waals surface area contributed by atoms with Crippen molar-refractivity contribution in [3.05, 3.63) is 29.6 Å². The van der Waals surface area contributed by atoms with Crippen LogP contribution in [0.25, 0.3) is 0 Å². The van der Waals surface area contributed by atoms with Crippen LogP contribution >= 0.6 is 0 Å². The molecule has 0 bridgehead atoms. The summed E-state index contributed by atoms with van der Waals surface area (Å²) in [6.45, 7) is 7.62. The number of aryl methyl sites for hydroxylation is 1. The summed E-state index contributed by atoms with van der Waals surface area (Å²) >= 11 is 0. The molecule has 0 aromatic carbocycles. The summed E-state index contributed by atoms with van der Waals surface area (Å²) in [5, 5.41) is 0. The van der Waals surface area contributed by atoms with Crippen molar-refractivity contribution in [3.8, 4) is 0 Å². The van der Waals surface area contributed by atoms with E-state index in [0.29, 0.717) is 25.7 Å². The van der Waals surface area contributed by atoms with Gasteiger partial charge in [0.05, 0.1) is 18.8 Å². The number of pyridine rings is 1. The van der Waals surface area contributed by atoms with Crippen molar-refractivity contribution in [1.29, 1.82) is 0 Å². The highest BCUT2D eigenvalue weighted by Crippen LogP contribution is 2.09. The van der Waals surface area contributed by atoms with E-state index >= 15 is 0 Å². The molecule has 0 spiro atoms. The van der Waals surface area contributed by atoms with Crippen LogP contribution in [0.4, 0.5) is 0 Å². The molecule has 2 N–H and O–H groups in total. The zero-order valence-electron chi connectivity index (χ0n) is 13.1. The van der Waals surface area contributed by atoms with Gasteiger partial charge in [0.1, 0.15) is 0 Å². The van der Waals surface area contributed by atoms with Gasteiger partial charge in [0.2, 0.25) is 5.91 Å². The van der Waals surface area contributed by atoms with Crippen molar-refractivity contribution in [1.82, 2.24) is 14.8 Å². The van der Waals surface area contributed by atoms with Crippen LogP contribution in [0, 0.1) is 6.92 Å². The molecular formula is C16H26N4O. The zero-order chi connectivity index (χ0) is 15.2. The quantitative estimate of drug-likeness (QED) is 0.884. The first kappa shape index (κ1) is 15.9. The van der Waals surface area contributed by atoms with Gasteiger partial charge >= 0.3 is 0 Å². The van der Waals surface area contributed by atoms with Crippen molar-refractivity contribution in [2.75, 3.05) is 26.2 Å². The summed E-state index contributed by atoms with van der Waals surface area (Å²) in [5.41, 5.74) is 7.84. The third-order valence-corrected chi connectivity index (χ3v) is 4.02. The molecule has 5 heteroatoms. The highest BCUT2D eigenvalue weighted by molar-refractivity contribution is 5.78. The molecule has 1 fully saturated rings. The number of hydrogen-bond donors (Lipinski definition) is 1. The Hall–Kier alpha value is -1.46. The standard InChI is InChI=1S/C16H26N4O/c1-3-20(11-15-6-4-5-13(2)18-15)16(21)12-19-9-7-14(17)8-10-19/h4-6,14H,3,7-12,17H2,1-2H3. The van der Waals surface area contributed by atoms with Crippen LogP contribution in [0.5, 0.6) is 0 Å². The molecule has 0 radical (unpaired) electrons. The first-order chi connectivity index (χ1) is 10.1. The lowest BCUT2D eigenvalue weighted by molar-refractivity contribution is -0.133. The monoisotopic (exact) mass is 290 g/mol. The summed E-state index contributed by atoms with van der Waals surface area (Å²) in [6, 6.07) is 6.24. The van der Waals surface area contributed by atoms with E-state index in [4.69, 9.17) is 5.73 Å². The fourth-order valence-electron chi connectivity index (χ4n) is 2.66. The molecule has 1 aromatic rings. The molecule has 1 amide bonds. The molecule has 1 aliphatic rings. The van der Waals surface area contributed by atoms with E-state index in [0.717, 1.165) is 37.3 Å². The largest absolute Gasteiger partial charge is 0.336 e. The second-order valence-electron chi connectivity index (χ2n) is 5.79. The van der Waals surface area contributed by atoms with E-state index in [1.807, 2.05) is 36.9 Å². The topological polar surface area (TPSA) is 62.5 Å². The lowest BCUT2D eigenvalue weighted by Gasteiger charge is -2.31. The molecule has 2 heterocycles. The average molecular weight is 290 g/mol. The maximum atomic E-state index is 12.4. The van der Waals surface area contributed by atoms with E-state index in [9.17, 15) is 4.79 Å². The maximum absolute atomic E-state index is 12.4. The Kier molecular flexibility index (Phi) is 5.70. The van der Waals surface area contributed by atoms with Gasteiger partial charge in [-0.05, 0) is 38.8 Å². The Morgan fingerprint density at radius 2 is 2.14 bits per heavy atom. The van der Waals surface area contributed by atoms with Gasteiger partial charge in [0.15, 0.2) is 0 Å². The highest BCUT2D eigenvalue weighted by Gasteiger charge is 2.21. The fraction of sp³-hybridized carbons (Fsp3) is 0.625. The molecule has 2 rings (SSSR count). The Morgan fingerprint density at radius 3 is 2.76 bits per heavy atom. The normalized spacial score (nSPS) is 16.9. The van der Waals surface area contributed by atoms with Gasteiger partial charge in [-0.2, -0.15) is 0 Å². The Labute approximate surface area is 127 Å². The van der Waals surface area contributed by atoms with Crippen LogP contribution in [0.15, 0.2) is 18.2 Å². The molecule has 21 heavy (non-hydrogen) atoms. The summed E-state index contributed by atoms with van der Waals surface area (Å²) < 4.78 is 0. The van der Waals surface area contributed by atoms with Crippen molar-refractivity contribution in [2.45, 2.75) is 39.3 Å². The minimum atomic E-state index is 0.177. The van der Waals surface area contributed by atoms with Gasteiger partial charge in [-0.25, -0.2) is 0 Å². The highest BCUT2D eigenvalue weighted by atomic mass is 16.2. The SMILES string of the molecule is CCN(Cc1cccc(C)n1)C(=O)CN1CCC(N)CC1. The van der Waals surface area contributed by atoms with E-state index in [1.54, 1.807) is 0 Å². The Bertz CT molecular complexity index is 469. The number of carbonyl (C=O) groups is 1. The number of hydrogen-bond acceptors (Lipinski definition) is 4. The predicted octanol–water partition coefficient (Wildman–Crippen LogP) is 1.16. The number of likely N-dealkylation sites (tertiary alicyclic amines) is 1. The van der Waals surface area contributed by atoms with Gasteiger partial charge < -0.3 is 10.6 Å². The first-order valence-corrected chi connectivity index (χ1v) is 7.76. The molecule has 0 unspecified atom stereocenters. The third-order valence-electron chi connectivity index (χ3n) is 4.02. The number of amides is 1. The van der Waals surface area contributed by atoms with Gasteiger partial charge in [0.25, 0.3) is 0 Å². The molecule has 5 nitrogen and oxygen atoms in total. The number of aromatic nitrogens is 1. The molecule has 1 saturated heterocycles. The molecular weight excluding hydrogens is 264 g/mol. The van der Waals surface area contributed by atoms with Gasteiger partial charge in [0, 0.05) is 31.4 Å². The van der Waals surface area contributed by atoms with Crippen LogP contribution < -0.4 is 5.73 Å². The van der Waals surface area contributed by atoms with Gasteiger partial charge in [-0.15, -0.1) is 0 Å². The molecule has 116 valence electrons. The minimum absolute atomic E-state index is 0.177. The van der Waals surface area contributed by atoms with Crippen molar-refractivity contribution in [3.63, 3.8) is 0 Å². The van der Waals surface area contributed by atoms with Gasteiger partial charge in [-0.1, -0.05) is 6.07 Å². The summed E-state index contributed by atoms with van der Waals surface area (Å²) in [7, 11) is 0. The summed E-state index contributed by atoms with van der Waals surface area (Å²) in [6.07, 6.45) is 1.97. The van der Waals surface area contributed by atoms with Crippen LogP contribution in [0.1, 0.15) is 31.2 Å². The molecule has 0 aliphatic carbocycles. The number of carbonyl (C=O) groups excluding carboxylic acids is 1. The lowest BCUT2D eigenvalue weighted by Crippen LogP contribution is -2.45. The molecule has 1 aliphatic heterocycles. The van der Waals surface area contributed by atoms with Crippen LogP contribution in [0.2, 0.25) is 0 Å². The minimum Gasteiger partial charge on any atom is -0.336 e. The molecule has 0 saturated carbocycles. The number of rotatable bonds is 5. The number of nitrogens with two attached hydrogens (primary N) is 1. The van der Waals surface area contributed by atoms with Crippen molar-refractivity contribution < 1.29 is 4.79 Å². The molecule has 1 aromatic heterocycles. The number of piperidine rings is 1. The Morgan fingerprint density at radius 1 is 1.43 bits per heavy atom. The Balaban J connectivity index is 1.89. The van der Waals surface area contributed by atoms with E-state index < -0.39 is 0 Å². The predicted molar refractivity (Wildman–Crippen MR) is 83.7 cm³/mol. The van der Waals surface area contributed by atoms with E-state index in [1.165, 1.54) is 0 Å². The fourth-order valence-corrected chi connectivity index (χ4v) is 2.66. The van der Waals surface area contributed by atoms with E-state index in [2.05, 4.69) is 9.88 Å². The van der Waals surface area contributed by atoms with Crippen LogP contribution in [0.3, 0.4) is 0 Å². The molecule has 0 atom stereocenters. The third kappa shape index (κ3) is 4.79. The number of likely N-dealkylation sites (N-methyl/N-ethyl adjacent to an activating group) is 1. The van der Waals surface area contributed by atoms with Crippen LogP contribution in [-0.2, 0) is 11.3 Å². The smallest absolute Gasteiger partial charge is 0.237 e. The zero-order valence-corrected chi connectivity index (χ0v) is 13.1. The maximum Gasteiger partial charge on any atom is 0.237 e. The average Bonchev–Trinajstić information content (AvgIpc) is 2.47. The summed E-state index contributed by atoms with van der Waals surface area (Å²) in [5.74, 6) is 0.177. The van der Waals surface area contributed by atoms with E-state index in [-0.39, 0.29) is 5.91 Å². The number of nitrogens with zero attached hydrogens (tertiary/aromatic N) is 3. The first-order valence-electron chi connectivity index (χ1n) is 7.76. The van der Waals surface area contributed by atoms with Crippen molar-refractivity contribution >= 4 is 5.91 Å². The van der Waals surface area contributed by atoms with Gasteiger partial charge in [-0.3, -0.25) is 14.7 Å². The van der Waals surface area contributed by atoms with Crippen LogP contribution in [-0.4, -0.2) is 52.9 Å². The second-order valence-corrected chi connectivity index (χ2v) is 5.79. The lowest BCUT2D eigenvalue weighted by atomic mass is 10.1. The summed E-state index contributed by atoms with van der Waals surface area (Å²) in [4.78, 5) is 21.0. The van der Waals surface area contributed by atoms with Crippen molar-refractivity contribution in [2.24, 2.45) is 5.73 Å².